The number of H-pyrrole nitrogens is 1. The van der Waals surface area contributed by atoms with Crippen molar-refractivity contribution < 1.29 is 4.79 Å². The van der Waals surface area contributed by atoms with Gasteiger partial charge < -0.3 is 10.7 Å². The molecule has 0 spiro atoms. The van der Waals surface area contributed by atoms with Gasteiger partial charge in [-0.15, -0.1) is 10.2 Å². The molecule has 102 valence electrons. The van der Waals surface area contributed by atoms with Gasteiger partial charge in [-0.25, -0.2) is 4.68 Å². The number of rotatable bonds is 4. The van der Waals surface area contributed by atoms with Crippen molar-refractivity contribution in [1.82, 2.24) is 19.9 Å². The van der Waals surface area contributed by atoms with Crippen LogP contribution < -0.4 is 11.2 Å². The summed E-state index contributed by atoms with van der Waals surface area (Å²) in [6.45, 7) is 0. The lowest BCUT2D eigenvalue weighted by Gasteiger charge is -2.11. The molecule has 0 bridgehead atoms. The molecular weight excluding hydrogens is 256 g/mol. The number of para-hydroxylation sites is 1. The van der Waals surface area contributed by atoms with Gasteiger partial charge >= 0.3 is 0 Å². The number of aromatic amines is 1. The molecule has 2 heterocycles. The zero-order valence-corrected chi connectivity index (χ0v) is 10.7. The van der Waals surface area contributed by atoms with Crippen LogP contribution in [0, 0.1) is 0 Å². The largest absolute Gasteiger partial charge is 0.361 e. The van der Waals surface area contributed by atoms with E-state index in [1.807, 2.05) is 30.5 Å². The Morgan fingerprint density at radius 3 is 2.90 bits per heavy atom. The van der Waals surface area contributed by atoms with Crippen molar-refractivity contribution >= 4 is 16.8 Å². The Kier molecular flexibility index (Phi) is 3.18. The van der Waals surface area contributed by atoms with Gasteiger partial charge in [-0.2, -0.15) is 0 Å². The number of fused-ring (bicyclic) bond motifs is 1. The van der Waals surface area contributed by atoms with Crippen molar-refractivity contribution in [2.24, 2.45) is 5.73 Å². The third-order valence-corrected chi connectivity index (χ3v) is 3.11. The Hall–Kier alpha value is -2.67. The Labute approximate surface area is 114 Å². The molecule has 3 aromatic rings. The van der Waals surface area contributed by atoms with Crippen molar-refractivity contribution in [1.29, 1.82) is 0 Å². The molecule has 0 aliphatic heterocycles. The summed E-state index contributed by atoms with van der Waals surface area (Å²) in [6.07, 6.45) is 5.14. The second kappa shape index (κ2) is 5.14. The first-order valence-corrected chi connectivity index (χ1v) is 6.20. The van der Waals surface area contributed by atoms with E-state index in [0.717, 1.165) is 16.5 Å². The maximum atomic E-state index is 12.0. The van der Waals surface area contributed by atoms with E-state index in [0.29, 0.717) is 6.42 Å². The highest BCUT2D eigenvalue weighted by atomic mass is 16.2. The van der Waals surface area contributed by atoms with Crippen molar-refractivity contribution in [3.63, 3.8) is 0 Å². The number of carbonyl (C=O) groups excluding carboxylic acids is 1. The summed E-state index contributed by atoms with van der Waals surface area (Å²) in [5.41, 5.74) is 10.6. The second-order valence-electron chi connectivity index (χ2n) is 4.52. The first kappa shape index (κ1) is 12.4. The van der Waals surface area contributed by atoms with Crippen molar-refractivity contribution in [3.8, 4) is 0 Å². The first-order valence-electron chi connectivity index (χ1n) is 6.20. The van der Waals surface area contributed by atoms with Crippen LogP contribution in [0.2, 0.25) is 0 Å². The number of amides is 1. The van der Waals surface area contributed by atoms with E-state index in [1.165, 1.54) is 17.3 Å². The first-order chi connectivity index (χ1) is 9.74. The maximum Gasteiger partial charge on any atom is 0.256 e. The summed E-state index contributed by atoms with van der Waals surface area (Å²) < 4.78 is 1.37. The molecule has 0 aliphatic carbocycles. The smallest absolute Gasteiger partial charge is 0.256 e. The summed E-state index contributed by atoms with van der Waals surface area (Å²) in [4.78, 5) is 15.1. The Morgan fingerprint density at radius 2 is 2.10 bits per heavy atom. The fourth-order valence-corrected chi connectivity index (χ4v) is 2.10. The van der Waals surface area contributed by atoms with Crippen molar-refractivity contribution in [3.05, 3.63) is 48.7 Å². The number of nitrogens with one attached hydrogen (secondary N) is 2. The summed E-state index contributed by atoms with van der Waals surface area (Å²) in [5, 5.41) is 8.29. The van der Waals surface area contributed by atoms with Crippen molar-refractivity contribution in [2.45, 2.75) is 12.5 Å². The highest BCUT2D eigenvalue weighted by Gasteiger charge is 2.16. The van der Waals surface area contributed by atoms with Gasteiger partial charge in [0.05, 0.1) is 6.04 Å². The van der Waals surface area contributed by atoms with Gasteiger partial charge in [0.1, 0.15) is 12.7 Å². The number of aromatic nitrogens is 4. The second-order valence-corrected chi connectivity index (χ2v) is 4.52. The number of nitrogens with zero attached hydrogens (tertiary/aromatic N) is 3. The number of hydrogen-bond donors (Lipinski definition) is 3. The molecule has 1 aromatic carbocycles. The van der Waals surface area contributed by atoms with Crippen LogP contribution in [0.15, 0.2) is 43.1 Å². The zero-order chi connectivity index (χ0) is 13.9. The molecular formula is C13H14N6O. The molecule has 0 aliphatic rings. The monoisotopic (exact) mass is 270 g/mol. The number of nitrogens with two attached hydrogens (primary N) is 1. The van der Waals surface area contributed by atoms with Crippen LogP contribution in [0.25, 0.3) is 10.9 Å². The van der Waals surface area contributed by atoms with Gasteiger partial charge in [0.2, 0.25) is 0 Å². The van der Waals surface area contributed by atoms with Crippen LogP contribution in [0.3, 0.4) is 0 Å². The van der Waals surface area contributed by atoms with Crippen LogP contribution in [0.4, 0.5) is 0 Å². The fourth-order valence-electron chi connectivity index (χ4n) is 2.10. The van der Waals surface area contributed by atoms with Crippen LogP contribution in [-0.4, -0.2) is 31.8 Å². The molecule has 4 N–H and O–H groups in total. The molecule has 0 saturated carbocycles. The maximum absolute atomic E-state index is 12.0. The highest BCUT2D eigenvalue weighted by molar-refractivity contribution is 5.90. The Balaban J connectivity index is 1.72. The molecule has 7 nitrogen and oxygen atoms in total. The van der Waals surface area contributed by atoms with E-state index < -0.39 is 6.04 Å². The molecule has 2 aromatic heterocycles. The molecule has 1 atom stereocenters. The molecule has 7 heteroatoms. The average Bonchev–Trinajstić information content (AvgIpc) is 3.09. The van der Waals surface area contributed by atoms with E-state index in [2.05, 4.69) is 20.6 Å². The van der Waals surface area contributed by atoms with Gasteiger partial charge in [0.15, 0.2) is 0 Å². The standard InChI is InChI=1S/C13H14N6O/c14-11(13(20)18-19-7-16-17-8-19)5-9-6-15-12-4-2-1-3-10(9)12/h1-4,6-8,11,15H,5,14H2,(H,18,20)/t11-/m1/s1. The molecule has 1 amide bonds. The molecule has 3 rings (SSSR count). The number of benzene rings is 1. The lowest BCUT2D eigenvalue weighted by atomic mass is 10.1. The van der Waals surface area contributed by atoms with Crippen LogP contribution in [0.5, 0.6) is 0 Å². The van der Waals surface area contributed by atoms with Crippen LogP contribution in [0.1, 0.15) is 5.56 Å². The van der Waals surface area contributed by atoms with E-state index in [4.69, 9.17) is 5.73 Å². The number of hydrogen-bond acceptors (Lipinski definition) is 4. The van der Waals surface area contributed by atoms with Gasteiger partial charge in [-0.3, -0.25) is 10.2 Å². The van der Waals surface area contributed by atoms with Gasteiger partial charge in [0, 0.05) is 17.1 Å². The SMILES string of the molecule is N[C@H](Cc1c[nH]c2ccccc12)C(=O)Nn1cnnc1. The average molecular weight is 270 g/mol. The van der Waals surface area contributed by atoms with Gasteiger partial charge in [-0.05, 0) is 18.1 Å². The third-order valence-electron chi connectivity index (χ3n) is 3.11. The van der Waals surface area contributed by atoms with Crippen LogP contribution in [-0.2, 0) is 11.2 Å². The summed E-state index contributed by atoms with van der Waals surface area (Å²) in [5.74, 6) is -0.282. The molecule has 0 radical (unpaired) electrons. The lowest BCUT2D eigenvalue weighted by molar-refractivity contribution is -0.118. The van der Waals surface area contributed by atoms with E-state index in [1.54, 1.807) is 0 Å². The lowest BCUT2D eigenvalue weighted by Crippen LogP contribution is -2.40. The minimum atomic E-state index is -0.642. The topological polar surface area (TPSA) is 102 Å². The van der Waals surface area contributed by atoms with E-state index in [9.17, 15) is 4.79 Å². The minimum Gasteiger partial charge on any atom is -0.361 e. The van der Waals surface area contributed by atoms with E-state index >= 15 is 0 Å². The fraction of sp³-hybridized carbons (Fsp3) is 0.154. The molecule has 20 heavy (non-hydrogen) atoms. The third kappa shape index (κ3) is 2.39. The van der Waals surface area contributed by atoms with Crippen molar-refractivity contribution in [2.75, 3.05) is 5.43 Å². The highest BCUT2D eigenvalue weighted by Crippen LogP contribution is 2.18. The number of carbonyl (C=O) groups is 1. The summed E-state index contributed by atoms with van der Waals surface area (Å²) in [7, 11) is 0. The minimum absolute atomic E-state index is 0.282. The quantitative estimate of drug-likeness (QED) is 0.638. The van der Waals surface area contributed by atoms with Gasteiger partial charge in [0.25, 0.3) is 5.91 Å². The molecule has 0 saturated heterocycles. The Bertz CT molecular complexity index is 717. The predicted octanol–water partition coefficient (Wildman–Crippen LogP) is 0.399. The predicted molar refractivity (Wildman–Crippen MR) is 74.4 cm³/mol. The normalized spacial score (nSPS) is 12.4. The van der Waals surface area contributed by atoms with E-state index in [-0.39, 0.29) is 5.91 Å². The zero-order valence-electron chi connectivity index (χ0n) is 10.7. The van der Waals surface area contributed by atoms with Crippen LogP contribution >= 0.6 is 0 Å². The Morgan fingerprint density at radius 1 is 1.35 bits per heavy atom. The summed E-state index contributed by atoms with van der Waals surface area (Å²) in [6, 6.07) is 7.27. The van der Waals surface area contributed by atoms with Gasteiger partial charge in [-0.1, -0.05) is 18.2 Å². The molecule has 0 unspecified atom stereocenters. The molecule has 0 fully saturated rings. The summed E-state index contributed by atoms with van der Waals surface area (Å²) >= 11 is 0.